The molecule has 0 bridgehead atoms. The van der Waals surface area contributed by atoms with E-state index in [1.807, 2.05) is 26.0 Å². The summed E-state index contributed by atoms with van der Waals surface area (Å²) in [5, 5.41) is 9.09. The zero-order valence-electron chi connectivity index (χ0n) is 23.0. The summed E-state index contributed by atoms with van der Waals surface area (Å²) in [6.45, 7) is 9.22. The highest BCUT2D eigenvalue weighted by molar-refractivity contribution is 7.90. The van der Waals surface area contributed by atoms with Crippen LogP contribution in [0.1, 0.15) is 52.1 Å². The van der Waals surface area contributed by atoms with E-state index >= 15 is 0 Å². The van der Waals surface area contributed by atoms with E-state index < -0.39 is 15.8 Å². The number of rotatable bonds is 11. The second kappa shape index (κ2) is 11.7. The molecule has 0 amide bonds. The van der Waals surface area contributed by atoms with Gasteiger partial charge in [0.2, 0.25) is 5.88 Å². The molecule has 1 N–H and O–H groups in total. The molecule has 1 atom stereocenters. The Hall–Kier alpha value is -3.59. The zero-order valence-corrected chi connectivity index (χ0v) is 23.9. The summed E-state index contributed by atoms with van der Waals surface area (Å²) in [7, 11) is -3.01. The van der Waals surface area contributed by atoms with E-state index in [2.05, 4.69) is 31.0 Å². The smallest absolute Gasteiger partial charge is 0.304 e. The summed E-state index contributed by atoms with van der Waals surface area (Å²) in [6.07, 6.45) is 3.34. The highest BCUT2D eigenvalue weighted by Crippen LogP contribution is 2.39. The zero-order chi connectivity index (χ0) is 28.3. The van der Waals surface area contributed by atoms with Crippen LogP contribution in [0.15, 0.2) is 36.5 Å². The standard InChI is InChI=1S/C30H35NO7S/c1-18-20(3)30(36-10-7-11-39(5,34)35)21(4)19(2)29(18)23-9-6-8-22(12-23)16-38-27-14-26-25(15-31-27)24(17-37-26)13-28(32)33/h6,8-9,12,14-15,24H,7,10-11,13,16-17H2,1-5H3,(H,32,33). The molecule has 2 heterocycles. The minimum atomic E-state index is -3.01. The molecular formula is C30H35NO7S. The number of fused-ring (bicyclic) bond motifs is 1. The number of nitrogens with zero attached hydrogens (tertiary/aromatic N) is 1. The molecule has 0 spiro atoms. The summed E-state index contributed by atoms with van der Waals surface area (Å²) in [5.74, 6) is 0.909. The van der Waals surface area contributed by atoms with Gasteiger partial charge in [0.15, 0.2) is 0 Å². The van der Waals surface area contributed by atoms with Gasteiger partial charge in [0.05, 0.1) is 25.4 Å². The van der Waals surface area contributed by atoms with Gasteiger partial charge in [0, 0.05) is 30.0 Å². The number of hydrogen-bond acceptors (Lipinski definition) is 7. The Morgan fingerprint density at radius 1 is 1.08 bits per heavy atom. The lowest BCUT2D eigenvalue weighted by Crippen LogP contribution is -2.10. The van der Waals surface area contributed by atoms with Gasteiger partial charge in [-0.25, -0.2) is 13.4 Å². The third-order valence-electron chi connectivity index (χ3n) is 7.24. The Morgan fingerprint density at radius 3 is 2.46 bits per heavy atom. The SMILES string of the molecule is Cc1c(C)c(-c2cccc(COc3cc4c(cn3)C(CC(=O)O)CO4)c2)c(C)c(C)c1OCCCS(C)(=O)=O. The van der Waals surface area contributed by atoms with Crippen LogP contribution in [0.3, 0.4) is 0 Å². The number of ether oxygens (including phenoxy) is 3. The Bertz CT molecular complexity index is 1470. The quantitative estimate of drug-likeness (QED) is 0.317. The lowest BCUT2D eigenvalue weighted by atomic mass is 9.88. The predicted molar refractivity (Wildman–Crippen MR) is 150 cm³/mol. The molecule has 4 rings (SSSR count). The summed E-state index contributed by atoms with van der Waals surface area (Å²) in [4.78, 5) is 15.4. The van der Waals surface area contributed by atoms with Crippen LogP contribution in [0.25, 0.3) is 11.1 Å². The number of hydrogen-bond donors (Lipinski definition) is 1. The van der Waals surface area contributed by atoms with Gasteiger partial charge >= 0.3 is 5.97 Å². The molecule has 0 fully saturated rings. The van der Waals surface area contributed by atoms with Gasteiger partial charge in [-0.3, -0.25) is 4.79 Å². The van der Waals surface area contributed by atoms with Crippen LogP contribution in [0.5, 0.6) is 17.4 Å². The van der Waals surface area contributed by atoms with Gasteiger partial charge in [0.25, 0.3) is 0 Å². The second-order valence-corrected chi connectivity index (χ2v) is 12.5. The normalized spacial score (nSPS) is 14.5. The molecule has 1 aromatic heterocycles. The first kappa shape index (κ1) is 28.4. The Balaban J connectivity index is 1.49. The van der Waals surface area contributed by atoms with E-state index in [4.69, 9.17) is 19.3 Å². The van der Waals surface area contributed by atoms with Gasteiger partial charge in [-0.1, -0.05) is 18.2 Å². The number of carboxylic acid groups (broad SMARTS) is 1. The molecular weight excluding hydrogens is 518 g/mol. The maximum Gasteiger partial charge on any atom is 0.304 e. The summed E-state index contributed by atoms with van der Waals surface area (Å²) in [5.41, 5.74) is 8.30. The Labute approximate surface area is 229 Å². The van der Waals surface area contributed by atoms with Gasteiger partial charge in [0.1, 0.15) is 27.9 Å². The van der Waals surface area contributed by atoms with Crippen molar-refractivity contribution < 1.29 is 32.5 Å². The Kier molecular flexibility index (Phi) is 8.49. The number of aromatic nitrogens is 1. The first-order valence-electron chi connectivity index (χ1n) is 12.9. The van der Waals surface area contributed by atoms with Gasteiger partial charge in [-0.05, 0) is 79.1 Å². The summed E-state index contributed by atoms with van der Waals surface area (Å²) in [6, 6.07) is 9.90. The molecule has 2 aromatic carbocycles. The van der Waals surface area contributed by atoms with Crippen LogP contribution < -0.4 is 14.2 Å². The number of aliphatic carboxylic acids is 1. The average Bonchev–Trinajstić information content (AvgIpc) is 3.27. The lowest BCUT2D eigenvalue weighted by molar-refractivity contribution is -0.137. The van der Waals surface area contributed by atoms with Crippen molar-refractivity contribution >= 4 is 15.8 Å². The molecule has 208 valence electrons. The fourth-order valence-corrected chi connectivity index (χ4v) is 5.64. The van der Waals surface area contributed by atoms with E-state index in [9.17, 15) is 13.2 Å². The van der Waals surface area contributed by atoms with Crippen molar-refractivity contribution in [3.8, 4) is 28.5 Å². The lowest BCUT2D eigenvalue weighted by Gasteiger charge is -2.21. The third-order valence-corrected chi connectivity index (χ3v) is 8.27. The molecule has 0 aliphatic carbocycles. The largest absolute Gasteiger partial charge is 0.493 e. The van der Waals surface area contributed by atoms with Crippen molar-refractivity contribution in [3.63, 3.8) is 0 Å². The fraction of sp³-hybridized carbons (Fsp3) is 0.400. The minimum Gasteiger partial charge on any atom is -0.493 e. The van der Waals surface area contributed by atoms with Gasteiger partial charge < -0.3 is 19.3 Å². The average molecular weight is 554 g/mol. The first-order valence-corrected chi connectivity index (χ1v) is 15.0. The maximum atomic E-state index is 11.4. The van der Waals surface area contributed by atoms with Crippen LogP contribution in [0.2, 0.25) is 0 Å². The molecule has 1 aliphatic rings. The number of pyridine rings is 1. The van der Waals surface area contributed by atoms with Crippen LogP contribution in [-0.4, -0.2) is 49.7 Å². The van der Waals surface area contributed by atoms with Gasteiger partial charge in [-0.2, -0.15) is 0 Å². The van der Waals surface area contributed by atoms with E-state index in [0.29, 0.717) is 37.9 Å². The van der Waals surface area contributed by atoms with Crippen molar-refractivity contribution in [2.24, 2.45) is 0 Å². The van der Waals surface area contributed by atoms with E-state index in [1.54, 1.807) is 12.3 Å². The maximum absolute atomic E-state index is 11.4. The topological polar surface area (TPSA) is 112 Å². The number of sulfone groups is 1. The van der Waals surface area contributed by atoms with Crippen molar-refractivity contribution in [2.45, 2.75) is 53.1 Å². The fourth-order valence-electron chi connectivity index (χ4n) is 5.00. The number of carbonyl (C=O) groups is 1. The number of carboxylic acids is 1. The van der Waals surface area contributed by atoms with Crippen LogP contribution in [0, 0.1) is 27.7 Å². The summed E-state index contributed by atoms with van der Waals surface area (Å²) < 4.78 is 40.6. The molecule has 8 nitrogen and oxygen atoms in total. The van der Waals surface area contributed by atoms with Crippen molar-refractivity contribution in [3.05, 3.63) is 69.9 Å². The van der Waals surface area contributed by atoms with Crippen molar-refractivity contribution in [2.75, 3.05) is 25.2 Å². The molecule has 39 heavy (non-hydrogen) atoms. The van der Waals surface area contributed by atoms with Crippen LogP contribution >= 0.6 is 0 Å². The monoisotopic (exact) mass is 553 g/mol. The highest BCUT2D eigenvalue weighted by atomic mass is 32.2. The van der Waals surface area contributed by atoms with Crippen molar-refractivity contribution in [1.82, 2.24) is 4.98 Å². The van der Waals surface area contributed by atoms with Gasteiger partial charge in [-0.15, -0.1) is 0 Å². The summed E-state index contributed by atoms with van der Waals surface area (Å²) >= 11 is 0. The van der Waals surface area contributed by atoms with E-state index in [0.717, 1.165) is 50.3 Å². The molecule has 0 saturated carbocycles. The third kappa shape index (κ3) is 6.71. The molecule has 3 aromatic rings. The first-order chi connectivity index (χ1) is 18.4. The molecule has 1 aliphatic heterocycles. The molecule has 1 unspecified atom stereocenters. The van der Waals surface area contributed by atoms with E-state index in [-0.39, 0.29) is 18.1 Å². The minimum absolute atomic E-state index is 0.00967. The van der Waals surface area contributed by atoms with E-state index in [1.165, 1.54) is 6.26 Å². The second-order valence-electron chi connectivity index (χ2n) is 10.2. The van der Waals surface area contributed by atoms with Crippen LogP contribution in [-0.2, 0) is 21.2 Å². The number of benzene rings is 2. The predicted octanol–water partition coefficient (Wildman–Crippen LogP) is 5.33. The van der Waals surface area contributed by atoms with Crippen LogP contribution in [0.4, 0.5) is 0 Å². The highest BCUT2D eigenvalue weighted by Gasteiger charge is 2.27. The molecule has 0 saturated heterocycles. The van der Waals surface area contributed by atoms with Crippen molar-refractivity contribution in [1.29, 1.82) is 0 Å². The molecule has 0 radical (unpaired) electrons. The molecule has 9 heteroatoms. The Morgan fingerprint density at radius 2 is 1.79 bits per heavy atom.